The lowest BCUT2D eigenvalue weighted by Crippen LogP contribution is -2.45. The summed E-state index contributed by atoms with van der Waals surface area (Å²) in [6, 6.07) is 0. The van der Waals surface area contributed by atoms with Gasteiger partial charge in [0.05, 0.1) is 5.69 Å². The number of nitrogens with zero attached hydrogens (tertiary/aromatic N) is 5. The van der Waals surface area contributed by atoms with Crippen LogP contribution in [0.3, 0.4) is 0 Å². The van der Waals surface area contributed by atoms with Crippen molar-refractivity contribution in [2.45, 2.75) is 20.3 Å². The van der Waals surface area contributed by atoms with Gasteiger partial charge in [-0.05, 0) is 31.8 Å². The highest BCUT2D eigenvalue weighted by Crippen LogP contribution is 2.21. The third kappa shape index (κ3) is 2.29. The number of hydrogen-bond acceptors (Lipinski definition) is 7. The van der Waals surface area contributed by atoms with Gasteiger partial charge in [-0.2, -0.15) is 0 Å². The summed E-state index contributed by atoms with van der Waals surface area (Å²) in [7, 11) is 0. The summed E-state index contributed by atoms with van der Waals surface area (Å²) in [5, 5.41) is 11.9. The van der Waals surface area contributed by atoms with Crippen LogP contribution in [0.25, 0.3) is 0 Å². The van der Waals surface area contributed by atoms with Crippen molar-refractivity contribution in [3.63, 3.8) is 0 Å². The average Bonchev–Trinajstić information content (AvgIpc) is 3.18. The third-order valence-electron chi connectivity index (χ3n) is 3.33. The van der Waals surface area contributed by atoms with Crippen molar-refractivity contribution in [3.8, 4) is 0 Å². The summed E-state index contributed by atoms with van der Waals surface area (Å²) in [5.41, 5.74) is 1.18. The van der Waals surface area contributed by atoms with Gasteiger partial charge in [0, 0.05) is 18.5 Å². The van der Waals surface area contributed by atoms with Crippen LogP contribution in [-0.4, -0.2) is 49.7 Å². The molecule has 2 amide bonds. The number of carbonyl (C=O) groups excluding carboxylic acids is 2. The van der Waals surface area contributed by atoms with Crippen LogP contribution in [0, 0.1) is 13.8 Å². The fraction of sp³-hybridized carbons (Fsp3) is 0.417. The van der Waals surface area contributed by atoms with Gasteiger partial charge in [0.15, 0.2) is 5.69 Å². The SMILES string of the molecule is Cc1noc(C)c1C(=O)N1CCCN1C(=O)c1csnn1. The topological polar surface area (TPSA) is 92.4 Å². The number of aryl methyl sites for hydroxylation is 2. The molecule has 0 saturated carbocycles. The molecule has 8 nitrogen and oxygen atoms in total. The Kier molecular flexibility index (Phi) is 3.42. The maximum absolute atomic E-state index is 12.6. The van der Waals surface area contributed by atoms with E-state index < -0.39 is 0 Å². The van der Waals surface area contributed by atoms with Gasteiger partial charge in [0.2, 0.25) is 0 Å². The second-order valence-electron chi connectivity index (χ2n) is 4.70. The minimum Gasteiger partial charge on any atom is -0.361 e. The summed E-state index contributed by atoms with van der Waals surface area (Å²) < 4.78 is 8.70. The van der Waals surface area contributed by atoms with Gasteiger partial charge in [-0.15, -0.1) is 5.10 Å². The van der Waals surface area contributed by atoms with E-state index in [2.05, 4.69) is 14.7 Å². The monoisotopic (exact) mass is 307 g/mol. The van der Waals surface area contributed by atoms with Crippen molar-refractivity contribution in [1.29, 1.82) is 0 Å². The van der Waals surface area contributed by atoms with Gasteiger partial charge in [0.1, 0.15) is 11.3 Å². The molecule has 2 aromatic heterocycles. The molecule has 1 aliphatic rings. The number of rotatable bonds is 2. The lowest BCUT2D eigenvalue weighted by Gasteiger charge is -2.26. The molecule has 1 aliphatic heterocycles. The highest BCUT2D eigenvalue weighted by atomic mass is 32.1. The fourth-order valence-corrected chi connectivity index (χ4v) is 2.77. The van der Waals surface area contributed by atoms with Crippen LogP contribution >= 0.6 is 11.5 Å². The molecule has 0 unspecified atom stereocenters. The van der Waals surface area contributed by atoms with Crippen molar-refractivity contribution in [2.24, 2.45) is 0 Å². The Morgan fingerprint density at radius 1 is 1.24 bits per heavy atom. The average molecular weight is 307 g/mol. The predicted octanol–water partition coefficient (Wildman–Crippen LogP) is 1.05. The van der Waals surface area contributed by atoms with Crippen molar-refractivity contribution in [2.75, 3.05) is 13.1 Å². The first-order valence-corrected chi connectivity index (χ1v) is 7.27. The Morgan fingerprint density at radius 3 is 2.52 bits per heavy atom. The first-order chi connectivity index (χ1) is 10.1. The molecular weight excluding hydrogens is 294 g/mol. The largest absolute Gasteiger partial charge is 0.361 e. The van der Waals surface area contributed by atoms with Crippen LogP contribution in [0.5, 0.6) is 0 Å². The van der Waals surface area contributed by atoms with E-state index >= 15 is 0 Å². The second-order valence-corrected chi connectivity index (χ2v) is 5.31. The lowest BCUT2D eigenvalue weighted by molar-refractivity contribution is 0.0181. The van der Waals surface area contributed by atoms with Gasteiger partial charge < -0.3 is 4.52 Å². The molecular formula is C12H13N5O3S. The zero-order valence-corrected chi connectivity index (χ0v) is 12.4. The Hall–Kier alpha value is -2.29. The number of hydrogen-bond donors (Lipinski definition) is 0. The van der Waals surface area contributed by atoms with E-state index in [-0.39, 0.29) is 17.5 Å². The predicted molar refractivity (Wildman–Crippen MR) is 72.6 cm³/mol. The van der Waals surface area contributed by atoms with Crippen molar-refractivity contribution < 1.29 is 14.1 Å². The number of amides is 2. The highest BCUT2D eigenvalue weighted by Gasteiger charge is 2.35. The normalized spacial score (nSPS) is 14.8. The van der Waals surface area contributed by atoms with Gasteiger partial charge in [-0.3, -0.25) is 9.59 Å². The van der Waals surface area contributed by atoms with Gasteiger partial charge in [-0.1, -0.05) is 9.64 Å². The molecule has 3 heterocycles. The quantitative estimate of drug-likeness (QED) is 0.823. The van der Waals surface area contributed by atoms with E-state index in [1.165, 1.54) is 10.0 Å². The van der Waals surface area contributed by atoms with Crippen LogP contribution < -0.4 is 0 Å². The van der Waals surface area contributed by atoms with E-state index in [1.54, 1.807) is 19.2 Å². The molecule has 0 aliphatic carbocycles. The fourth-order valence-electron chi connectivity index (χ4n) is 2.34. The molecule has 21 heavy (non-hydrogen) atoms. The molecule has 1 fully saturated rings. The van der Waals surface area contributed by atoms with Crippen molar-refractivity contribution in [1.82, 2.24) is 24.8 Å². The summed E-state index contributed by atoms with van der Waals surface area (Å²) in [6.07, 6.45) is 0.721. The summed E-state index contributed by atoms with van der Waals surface area (Å²) >= 11 is 1.10. The Labute approximate surface area is 124 Å². The van der Waals surface area contributed by atoms with Crippen LogP contribution in [0.1, 0.15) is 38.7 Å². The zero-order chi connectivity index (χ0) is 15.0. The Bertz CT molecular complexity index is 662. The van der Waals surface area contributed by atoms with E-state index in [4.69, 9.17) is 4.52 Å². The molecule has 1 saturated heterocycles. The summed E-state index contributed by atoms with van der Waals surface area (Å²) in [6.45, 7) is 4.34. The third-order valence-corrected chi connectivity index (χ3v) is 3.83. The first kappa shape index (κ1) is 13.7. The van der Waals surface area contributed by atoms with Crippen LogP contribution in [0.2, 0.25) is 0 Å². The molecule has 9 heteroatoms. The molecule has 0 atom stereocenters. The standard InChI is InChI=1S/C12H13N5O3S/c1-7-10(8(2)20-14-7)12(19)17-5-3-4-16(17)11(18)9-6-21-15-13-9/h6H,3-5H2,1-2H3. The van der Waals surface area contributed by atoms with Crippen molar-refractivity contribution >= 4 is 23.3 Å². The minimum atomic E-state index is -0.318. The maximum atomic E-state index is 12.6. The minimum absolute atomic E-state index is 0.249. The molecule has 0 spiro atoms. The summed E-state index contributed by atoms with van der Waals surface area (Å²) in [5.74, 6) is -0.145. The lowest BCUT2D eigenvalue weighted by atomic mass is 10.2. The van der Waals surface area contributed by atoms with Crippen LogP contribution in [-0.2, 0) is 0 Å². The summed E-state index contributed by atoms with van der Waals surface area (Å²) in [4.78, 5) is 25.0. The van der Waals surface area contributed by atoms with Gasteiger partial charge >= 0.3 is 0 Å². The molecule has 0 radical (unpaired) electrons. The zero-order valence-electron chi connectivity index (χ0n) is 11.6. The number of carbonyl (C=O) groups is 2. The van der Waals surface area contributed by atoms with E-state index in [1.807, 2.05) is 0 Å². The molecule has 3 rings (SSSR count). The number of aromatic nitrogens is 3. The molecule has 110 valence electrons. The van der Waals surface area contributed by atoms with Crippen LogP contribution in [0.4, 0.5) is 0 Å². The molecule has 0 aromatic carbocycles. The van der Waals surface area contributed by atoms with E-state index in [0.29, 0.717) is 30.1 Å². The maximum Gasteiger partial charge on any atom is 0.293 e. The molecule has 0 N–H and O–H groups in total. The Morgan fingerprint density at radius 2 is 1.95 bits per heavy atom. The number of hydrazine groups is 1. The van der Waals surface area contributed by atoms with Gasteiger partial charge in [-0.25, -0.2) is 10.0 Å². The van der Waals surface area contributed by atoms with E-state index in [9.17, 15) is 9.59 Å². The Balaban J connectivity index is 1.88. The van der Waals surface area contributed by atoms with E-state index in [0.717, 1.165) is 18.0 Å². The highest BCUT2D eigenvalue weighted by molar-refractivity contribution is 7.03. The molecule has 0 bridgehead atoms. The smallest absolute Gasteiger partial charge is 0.293 e. The van der Waals surface area contributed by atoms with Gasteiger partial charge in [0.25, 0.3) is 11.8 Å². The first-order valence-electron chi connectivity index (χ1n) is 6.43. The second kappa shape index (κ2) is 5.24. The van der Waals surface area contributed by atoms with Crippen LogP contribution in [0.15, 0.2) is 9.90 Å². The van der Waals surface area contributed by atoms with Crippen molar-refractivity contribution in [3.05, 3.63) is 28.1 Å². The molecule has 2 aromatic rings.